The van der Waals surface area contributed by atoms with Crippen LogP contribution in [0.5, 0.6) is 11.5 Å². The zero-order chi connectivity index (χ0) is 20.4. The first-order chi connectivity index (χ1) is 14.1. The largest absolute Gasteiger partial charge is 0.493 e. The molecule has 10 heteroatoms. The Morgan fingerprint density at radius 2 is 2.03 bits per heavy atom. The van der Waals surface area contributed by atoms with Crippen LogP contribution in [0.3, 0.4) is 0 Å². The van der Waals surface area contributed by atoms with E-state index in [0.29, 0.717) is 34.4 Å². The van der Waals surface area contributed by atoms with Gasteiger partial charge in [0.2, 0.25) is 5.95 Å². The Morgan fingerprint density at radius 3 is 2.76 bits per heavy atom. The zero-order valence-electron chi connectivity index (χ0n) is 16.1. The summed E-state index contributed by atoms with van der Waals surface area (Å²) >= 11 is 0. The third-order valence-electron chi connectivity index (χ3n) is 4.60. The summed E-state index contributed by atoms with van der Waals surface area (Å²) in [7, 11) is 3.13. The Bertz CT molecular complexity index is 1080. The Balaban J connectivity index is 1.79. The number of anilines is 2. The van der Waals surface area contributed by atoms with Gasteiger partial charge in [-0.1, -0.05) is 11.2 Å². The molecule has 4 rings (SSSR count). The van der Waals surface area contributed by atoms with Crippen molar-refractivity contribution >= 4 is 17.5 Å². The first-order valence-electron chi connectivity index (χ1n) is 8.81. The molecule has 2 N–H and O–H groups in total. The zero-order valence-corrected chi connectivity index (χ0v) is 16.1. The highest BCUT2D eigenvalue weighted by molar-refractivity contribution is 6.05. The van der Waals surface area contributed by atoms with Crippen LogP contribution < -0.4 is 20.1 Å². The van der Waals surface area contributed by atoms with Crippen LogP contribution in [0, 0.1) is 0 Å². The summed E-state index contributed by atoms with van der Waals surface area (Å²) in [4.78, 5) is 17.2. The van der Waals surface area contributed by atoms with Gasteiger partial charge in [0.1, 0.15) is 6.04 Å². The van der Waals surface area contributed by atoms with Crippen molar-refractivity contribution in [3.63, 3.8) is 0 Å². The summed E-state index contributed by atoms with van der Waals surface area (Å²) in [6.07, 6.45) is 3.22. The molecule has 10 nitrogen and oxygen atoms in total. The van der Waals surface area contributed by atoms with Gasteiger partial charge >= 0.3 is 0 Å². The van der Waals surface area contributed by atoms with Gasteiger partial charge < -0.3 is 20.1 Å². The number of hydrogen-bond donors (Lipinski definition) is 2. The molecule has 0 unspecified atom stereocenters. The van der Waals surface area contributed by atoms with E-state index in [2.05, 4.69) is 31.1 Å². The number of rotatable bonds is 5. The van der Waals surface area contributed by atoms with E-state index in [4.69, 9.17) is 9.47 Å². The molecule has 1 aromatic carbocycles. The molecule has 0 radical (unpaired) electrons. The van der Waals surface area contributed by atoms with Gasteiger partial charge in [0.05, 0.1) is 31.7 Å². The van der Waals surface area contributed by atoms with Gasteiger partial charge in [0.25, 0.3) is 5.91 Å². The predicted octanol–water partition coefficient (Wildman–Crippen LogP) is 2.01. The molecule has 0 spiro atoms. The number of carbonyl (C=O) groups is 1. The molecule has 0 aliphatic carbocycles. The molecule has 3 aromatic rings. The van der Waals surface area contributed by atoms with Crippen molar-refractivity contribution in [3.8, 4) is 11.5 Å². The molecule has 1 amide bonds. The monoisotopic (exact) mass is 393 g/mol. The molecule has 3 heterocycles. The molecule has 1 aliphatic rings. The maximum atomic E-state index is 13.2. The Labute approximate surface area is 166 Å². The third-order valence-corrected chi connectivity index (χ3v) is 4.60. The highest BCUT2D eigenvalue weighted by atomic mass is 16.5. The van der Waals surface area contributed by atoms with E-state index >= 15 is 0 Å². The van der Waals surface area contributed by atoms with Crippen LogP contribution in [0.4, 0.5) is 11.6 Å². The average Bonchev–Trinajstić information content (AvgIpc) is 3.20. The molecular formula is C19H19N7O3. The molecule has 1 aliphatic heterocycles. The fourth-order valence-corrected chi connectivity index (χ4v) is 3.27. The maximum absolute atomic E-state index is 13.2. The van der Waals surface area contributed by atoms with Gasteiger partial charge in [0.15, 0.2) is 11.5 Å². The van der Waals surface area contributed by atoms with Crippen molar-refractivity contribution in [3.05, 3.63) is 59.6 Å². The quantitative estimate of drug-likeness (QED) is 0.676. The second kappa shape index (κ2) is 7.58. The molecule has 1 atom stereocenters. The number of allylic oxidation sites excluding steroid dienone is 1. The Hall–Kier alpha value is -3.95. The first-order valence-corrected chi connectivity index (χ1v) is 8.81. The normalized spacial score (nSPS) is 15.3. The fourth-order valence-electron chi connectivity index (χ4n) is 3.27. The number of nitrogens with zero attached hydrogens (tertiary/aromatic N) is 5. The Kier molecular flexibility index (Phi) is 4.82. The van der Waals surface area contributed by atoms with Crippen molar-refractivity contribution < 1.29 is 14.3 Å². The Morgan fingerprint density at radius 1 is 1.21 bits per heavy atom. The summed E-state index contributed by atoms with van der Waals surface area (Å²) in [6, 6.07) is 8.41. The minimum Gasteiger partial charge on any atom is -0.493 e. The maximum Gasteiger partial charge on any atom is 0.255 e. The standard InChI is InChI=1S/C19H19N7O3/c1-11-16(18(27)22-13-5-4-8-20-10-13)17(26-19(21-11)23-24-25-26)12-6-7-14(28-2)15(9-12)29-3/h4-10,17H,1-3H3,(H,22,27)(H,21,23,25)/t17-/m0/s1. The number of pyridine rings is 1. The lowest BCUT2D eigenvalue weighted by molar-refractivity contribution is -0.113. The second-order valence-electron chi connectivity index (χ2n) is 6.32. The van der Waals surface area contributed by atoms with Crippen LogP contribution in [-0.2, 0) is 4.79 Å². The molecule has 0 saturated carbocycles. The summed E-state index contributed by atoms with van der Waals surface area (Å²) in [6.45, 7) is 1.81. The van der Waals surface area contributed by atoms with Crippen LogP contribution in [0.1, 0.15) is 18.5 Å². The number of methoxy groups -OCH3 is 2. The number of carbonyl (C=O) groups excluding carboxylic acids is 1. The minimum atomic E-state index is -0.558. The van der Waals surface area contributed by atoms with E-state index in [1.54, 1.807) is 49.5 Å². The van der Waals surface area contributed by atoms with E-state index in [1.807, 2.05) is 19.1 Å². The third kappa shape index (κ3) is 3.35. The van der Waals surface area contributed by atoms with Crippen molar-refractivity contribution in [1.82, 2.24) is 25.2 Å². The van der Waals surface area contributed by atoms with Crippen LogP contribution >= 0.6 is 0 Å². The molecule has 0 saturated heterocycles. The number of benzene rings is 1. The van der Waals surface area contributed by atoms with Gasteiger partial charge in [-0.2, -0.15) is 4.68 Å². The molecule has 0 bridgehead atoms. The summed E-state index contributed by atoms with van der Waals surface area (Å²) in [5, 5.41) is 17.8. The van der Waals surface area contributed by atoms with Crippen LogP contribution in [0.2, 0.25) is 0 Å². The minimum absolute atomic E-state index is 0.288. The summed E-state index contributed by atoms with van der Waals surface area (Å²) in [5.74, 6) is 1.29. The van der Waals surface area contributed by atoms with E-state index in [9.17, 15) is 4.79 Å². The molecule has 0 fully saturated rings. The highest BCUT2D eigenvalue weighted by Gasteiger charge is 2.34. The van der Waals surface area contributed by atoms with Crippen LogP contribution in [0.25, 0.3) is 0 Å². The van der Waals surface area contributed by atoms with Gasteiger partial charge in [-0.3, -0.25) is 9.78 Å². The van der Waals surface area contributed by atoms with Crippen molar-refractivity contribution in [2.45, 2.75) is 13.0 Å². The molecule has 2 aromatic heterocycles. The average molecular weight is 393 g/mol. The van der Waals surface area contributed by atoms with Crippen molar-refractivity contribution in [2.75, 3.05) is 24.9 Å². The number of tetrazole rings is 1. The topological polar surface area (TPSA) is 116 Å². The number of hydrogen-bond acceptors (Lipinski definition) is 8. The smallest absolute Gasteiger partial charge is 0.255 e. The second-order valence-corrected chi connectivity index (χ2v) is 6.32. The van der Waals surface area contributed by atoms with Gasteiger partial charge in [-0.15, -0.1) is 0 Å². The SMILES string of the molecule is COc1ccc([C@H]2C(C(=O)Nc3cccnc3)=C(C)Nc3nnnn32)cc1OC. The molecule has 29 heavy (non-hydrogen) atoms. The fraction of sp³-hybridized carbons (Fsp3) is 0.211. The molecular weight excluding hydrogens is 374 g/mol. The van der Waals surface area contributed by atoms with Crippen LogP contribution in [-0.4, -0.2) is 45.3 Å². The van der Waals surface area contributed by atoms with Gasteiger partial charge in [-0.25, -0.2) is 0 Å². The van der Waals surface area contributed by atoms with E-state index in [0.717, 1.165) is 5.56 Å². The lowest BCUT2D eigenvalue weighted by Crippen LogP contribution is -2.31. The van der Waals surface area contributed by atoms with E-state index in [1.165, 1.54) is 0 Å². The van der Waals surface area contributed by atoms with Crippen molar-refractivity contribution in [1.29, 1.82) is 0 Å². The predicted molar refractivity (Wildman–Crippen MR) is 105 cm³/mol. The molecule has 148 valence electrons. The van der Waals surface area contributed by atoms with Gasteiger partial charge in [-0.05, 0) is 47.2 Å². The van der Waals surface area contributed by atoms with Crippen molar-refractivity contribution in [2.24, 2.45) is 0 Å². The first kappa shape index (κ1) is 18.4. The summed E-state index contributed by atoms with van der Waals surface area (Å²) < 4.78 is 12.3. The lowest BCUT2D eigenvalue weighted by atomic mass is 9.94. The number of nitrogens with one attached hydrogen (secondary N) is 2. The number of ether oxygens (including phenoxy) is 2. The number of fused-ring (bicyclic) bond motifs is 1. The highest BCUT2D eigenvalue weighted by Crippen LogP contribution is 2.38. The van der Waals surface area contributed by atoms with E-state index < -0.39 is 6.04 Å². The summed E-state index contributed by atoms with van der Waals surface area (Å²) in [5.41, 5.74) is 2.48. The van der Waals surface area contributed by atoms with Crippen LogP contribution in [0.15, 0.2) is 54.0 Å². The lowest BCUT2D eigenvalue weighted by Gasteiger charge is -2.28. The number of amides is 1. The van der Waals surface area contributed by atoms with Gasteiger partial charge in [0, 0.05) is 11.9 Å². The number of aromatic nitrogens is 5. The van der Waals surface area contributed by atoms with E-state index in [-0.39, 0.29) is 5.91 Å².